The van der Waals surface area contributed by atoms with E-state index in [0.29, 0.717) is 17.6 Å². The Hall–Kier alpha value is -2.82. The fourth-order valence-corrected chi connectivity index (χ4v) is 5.61. The predicted molar refractivity (Wildman–Crippen MR) is 114 cm³/mol. The number of esters is 1. The number of hydrogen-bond acceptors (Lipinski definition) is 4. The van der Waals surface area contributed by atoms with E-state index in [1.54, 1.807) is 0 Å². The molecule has 2 heterocycles. The molecule has 2 aliphatic rings. The normalized spacial score (nSPS) is 17.5. The molecule has 1 aliphatic carbocycles. The first kappa shape index (κ1) is 19.2. The first-order valence-electron chi connectivity index (χ1n) is 10.1. The van der Waals surface area contributed by atoms with Crippen molar-refractivity contribution in [3.8, 4) is 15.8 Å². The SMILES string of the molecule is O=C(Oc1ccc[se]1)[C@@H]1CCCN1C(=O)OCC1c2ccccc2-c2ccccc21. The number of ether oxygens (including phenoxy) is 2. The molecule has 0 radical (unpaired) electrons. The van der Waals surface area contributed by atoms with Gasteiger partial charge < -0.3 is 0 Å². The van der Waals surface area contributed by atoms with E-state index in [1.807, 2.05) is 41.3 Å². The topological polar surface area (TPSA) is 55.8 Å². The second-order valence-electron chi connectivity index (χ2n) is 7.51. The number of carbonyl (C=O) groups excluding carboxylic acids is 2. The van der Waals surface area contributed by atoms with Gasteiger partial charge in [-0.3, -0.25) is 0 Å². The summed E-state index contributed by atoms with van der Waals surface area (Å²) in [6, 6.07) is 19.6. The van der Waals surface area contributed by atoms with Crippen molar-refractivity contribution >= 4 is 26.6 Å². The zero-order valence-corrected chi connectivity index (χ0v) is 18.0. The molecule has 6 heteroatoms. The molecular formula is C24H21NO4Se. The molecular weight excluding hydrogens is 445 g/mol. The molecule has 2 aromatic carbocycles. The average molecular weight is 466 g/mol. The molecule has 1 aromatic heterocycles. The van der Waals surface area contributed by atoms with Gasteiger partial charge in [-0.25, -0.2) is 0 Å². The molecule has 1 saturated heterocycles. The van der Waals surface area contributed by atoms with Crippen molar-refractivity contribution in [1.82, 2.24) is 4.90 Å². The fraction of sp³-hybridized carbons (Fsp3) is 0.250. The van der Waals surface area contributed by atoms with Crippen LogP contribution in [0.5, 0.6) is 4.62 Å². The van der Waals surface area contributed by atoms with E-state index in [0.717, 1.165) is 6.42 Å². The molecule has 5 nitrogen and oxygen atoms in total. The first-order valence-corrected chi connectivity index (χ1v) is 11.9. The van der Waals surface area contributed by atoms with Gasteiger partial charge in [0.1, 0.15) is 0 Å². The summed E-state index contributed by atoms with van der Waals surface area (Å²) in [4.78, 5) is 28.9. The number of carbonyl (C=O) groups is 2. The van der Waals surface area contributed by atoms with Gasteiger partial charge in [0.2, 0.25) is 0 Å². The second-order valence-corrected chi connectivity index (χ2v) is 9.42. The van der Waals surface area contributed by atoms with Gasteiger partial charge in [-0.05, 0) is 0 Å². The Bertz CT molecular complexity index is 1030. The van der Waals surface area contributed by atoms with Gasteiger partial charge in [-0.15, -0.1) is 0 Å². The maximum atomic E-state index is 12.9. The molecule has 30 heavy (non-hydrogen) atoms. The Morgan fingerprint density at radius 3 is 2.33 bits per heavy atom. The summed E-state index contributed by atoms with van der Waals surface area (Å²) >= 11 is 0.0584. The van der Waals surface area contributed by atoms with Crippen LogP contribution in [-0.2, 0) is 9.53 Å². The van der Waals surface area contributed by atoms with Crippen LogP contribution >= 0.6 is 0 Å². The molecule has 1 atom stereocenters. The van der Waals surface area contributed by atoms with Crippen LogP contribution in [0.25, 0.3) is 11.1 Å². The van der Waals surface area contributed by atoms with E-state index >= 15 is 0 Å². The molecule has 0 saturated carbocycles. The summed E-state index contributed by atoms with van der Waals surface area (Å²) < 4.78 is 11.9. The number of likely N-dealkylation sites (tertiary alicyclic amines) is 1. The molecule has 0 spiro atoms. The standard InChI is InChI=1S/C24H21NO4Se/c26-23(29-22-12-6-14-30-22)21-11-5-13-25(21)24(27)28-15-20-18-9-3-1-7-16(18)17-8-2-4-10-19(17)20/h1-4,6-10,12,14,20-21H,5,11,13,15H2/t21-/m0/s1. The second kappa shape index (κ2) is 8.13. The summed E-state index contributed by atoms with van der Waals surface area (Å²) in [5.41, 5.74) is 4.73. The Labute approximate surface area is 181 Å². The summed E-state index contributed by atoms with van der Waals surface area (Å²) in [6.07, 6.45) is 0.934. The van der Waals surface area contributed by atoms with Crippen molar-refractivity contribution in [3.63, 3.8) is 0 Å². The van der Waals surface area contributed by atoms with Crippen LogP contribution in [0.2, 0.25) is 0 Å². The number of nitrogens with zero attached hydrogens (tertiary/aromatic N) is 1. The van der Waals surface area contributed by atoms with Crippen molar-refractivity contribution in [3.05, 3.63) is 76.7 Å². The number of rotatable bonds is 4. The van der Waals surface area contributed by atoms with E-state index in [4.69, 9.17) is 9.47 Å². The van der Waals surface area contributed by atoms with E-state index in [9.17, 15) is 9.59 Å². The van der Waals surface area contributed by atoms with Gasteiger partial charge in [0.25, 0.3) is 0 Å². The minimum atomic E-state index is -0.571. The van der Waals surface area contributed by atoms with E-state index < -0.39 is 12.1 Å². The van der Waals surface area contributed by atoms with Crippen LogP contribution in [0, 0.1) is 0 Å². The fourth-order valence-electron chi connectivity index (χ4n) is 4.40. The van der Waals surface area contributed by atoms with Crippen molar-refractivity contribution in [2.45, 2.75) is 24.8 Å². The van der Waals surface area contributed by atoms with Crippen LogP contribution in [0.15, 0.2) is 65.6 Å². The van der Waals surface area contributed by atoms with Crippen molar-refractivity contribution in [2.75, 3.05) is 13.2 Å². The number of hydrogen-bond donors (Lipinski definition) is 0. The third kappa shape index (κ3) is 3.47. The van der Waals surface area contributed by atoms with Gasteiger partial charge in [0, 0.05) is 0 Å². The summed E-state index contributed by atoms with van der Waals surface area (Å²) in [6.45, 7) is 0.766. The Morgan fingerprint density at radius 2 is 1.67 bits per heavy atom. The van der Waals surface area contributed by atoms with Gasteiger partial charge in [-0.2, -0.15) is 0 Å². The molecule has 5 rings (SSSR count). The molecule has 1 amide bonds. The summed E-state index contributed by atoms with van der Waals surface area (Å²) in [5, 5.41) is 0. The van der Waals surface area contributed by atoms with Crippen LogP contribution in [0.1, 0.15) is 29.9 Å². The van der Waals surface area contributed by atoms with Crippen molar-refractivity contribution in [2.24, 2.45) is 0 Å². The van der Waals surface area contributed by atoms with Gasteiger partial charge in [0.15, 0.2) is 0 Å². The van der Waals surface area contributed by atoms with E-state index in [2.05, 4.69) is 24.3 Å². The van der Waals surface area contributed by atoms with Crippen LogP contribution in [0.4, 0.5) is 4.79 Å². The molecule has 1 aliphatic heterocycles. The van der Waals surface area contributed by atoms with E-state index in [-0.39, 0.29) is 33.0 Å². The summed E-state index contributed by atoms with van der Waals surface area (Å²) in [5.74, 6) is -0.357. The van der Waals surface area contributed by atoms with Gasteiger partial charge >= 0.3 is 169 Å². The minimum absolute atomic E-state index is 0.00627. The Balaban J connectivity index is 1.28. The zero-order valence-electron chi connectivity index (χ0n) is 16.3. The molecule has 0 unspecified atom stereocenters. The number of fused-ring (bicyclic) bond motifs is 3. The monoisotopic (exact) mass is 467 g/mol. The molecule has 0 bridgehead atoms. The van der Waals surface area contributed by atoms with E-state index in [1.165, 1.54) is 27.2 Å². The third-order valence-corrected chi connectivity index (χ3v) is 7.35. The maximum absolute atomic E-state index is 12.9. The number of amides is 1. The predicted octanol–water partition coefficient (Wildman–Crippen LogP) is 4.06. The van der Waals surface area contributed by atoms with Gasteiger partial charge in [0.05, 0.1) is 0 Å². The van der Waals surface area contributed by atoms with Crippen LogP contribution < -0.4 is 4.74 Å². The zero-order chi connectivity index (χ0) is 20.5. The van der Waals surface area contributed by atoms with Crippen LogP contribution in [0.3, 0.4) is 0 Å². The molecule has 1 fully saturated rings. The molecule has 0 N–H and O–H groups in total. The molecule has 3 aromatic rings. The van der Waals surface area contributed by atoms with Crippen molar-refractivity contribution in [1.29, 1.82) is 0 Å². The number of benzene rings is 2. The Morgan fingerprint density at radius 1 is 0.967 bits per heavy atom. The first-order chi connectivity index (χ1) is 14.7. The third-order valence-electron chi connectivity index (χ3n) is 5.79. The van der Waals surface area contributed by atoms with Crippen LogP contribution in [-0.4, -0.2) is 50.7 Å². The quantitative estimate of drug-likeness (QED) is 0.430. The Kier molecular flexibility index (Phi) is 5.19. The van der Waals surface area contributed by atoms with Gasteiger partial charge in [-0.1, -0.05) is 12.1 Å². The molecule has 152 valence electrons. The average Bonchev–Trinajstić information content (AvgIpc) is 3.51. The summed E-state index contributed by atoms with van der Waals surface area (Å²) in [7, 11) is 0. The van der Waals surface area contributed by atoms with Crippen molar-refractivity contribution < 1.29 is 19.1 Å².